The zero-order chi connectivity index (χ0) is 20.3. The third-order valence-corrected chi connectivity index (χ3v) is 11.8. The maximum Gasteiger partial charge on any atom is 0.161 e. The van der Waals surface area contributed by atoms with Gasteiger partial charge in [-0.15, -0.1) is 0 Å². The Morgan fingerprint density at radius 3 is 2.32 bits per heavy atom. The minimum absolute atomic E-state index is 0.164. The summed E-state index contributed by atoms with van der Waals surface area (Å²) in [4.78, 5) is 15.1. The Morgan fingerprint density at radius 2 is 1.64 bits per heavy atom. The summed E-state index contributed by atoms with van der Waals surface area (Å²) in [6.07, 6.45) is 14.0. The smallest absolute Gasteiger partial charge is 0.161 e. The zero-order valence-electron chi connectivity index (χ0n) is 19.3. The third-order valence-electron chi connectivity index (χ3n) is 11.8. The summed E-state index contributed by atoms with van der Waals surface area (Å²) < 4.78 is 0. The van der Waals surface area contributed by atoms with Gasteiger partial charge in [0.2, 0.25) is 0 Å². The van der Waals surface area contributed by atoms with Gasteiger partial charge in [-0.05, 0) is 111 Å². The summed E-state index contributed by atoms with van der Waals surface area (Å²) >= 11 is 0. The number of rotatable bonds is 2. The van der Waals surface area contributed by atoms with E-state index in [9.17, 15) is 4.79 Å². The summed E-state index contributed by atoms with van der Waals surface area (Å²) in [7, 11) is 4.53. The van der Waals surface area contributed by atoms with Crippen LogP contribution in [-0.4, -0.2) is 30.8 Å². The van der Waals surface area contributed by atoms with Crippen molar-refractivity contribution in [2.75, 3.05) is 14.1 Å². The van der Waals surface area contributed by atoms with Gasteiger partial charge in [0.05, 0.1) is 0 Å². The molecule has 156 valence electrons. The molecular weight excluding hydrogens is 342 g/mol. The zero-order valence-corrected chi connectivity index (χ0v) is 19.3. The molecule has 2 heteroatoms. The van der Waals surface area contributed by atoms with Gasteiger partial charge in [-0.2, -0.15) is 0 Å². The van der Waals surface area contributed by atoms with Crippen molar-refractivity contribution in [3.8, 4) is 0 Å². The van der Waals surface area contributed by atoms with E-state index < -0.39 is 0 Å². The van der Waals surface area contributed by atoms with E-state index in [-0.39, 0.29) is 5.41 Å². The molecule has 0 amide bonds. The molecule has 0 aromatic carbocycles. The molecule has 0 N–H and O–H groups in total. The lowest BCUT2D eigenvalue weighted by Crippen LogP contribution is -2.57. The number of nitrogens with zero attached hydrogens (tertiary/aromatic N) is 1. The Hall–Kier alpha value is -0.630. The average Bonchev–Trinajstić information content (AvgIpc) is 3.21. The second-order valence-electron chi connectivity index (χ2n) is 12.7. The number of ketones is 1. The predicted molar refractivity (Wildman–Crippen MR) is 115 cm³/mol. The summed E-state index contributed by atoms with van der Waals surface area (Å²) in [6, 6.07) is 0.663. The van der Waals surface area contributed by atoms with Gasteiger partial charge < -0.3 is 4.90 Å². The molecule has 4 fully saturated rings. The average molecular weight is 384 g/mol. The predicted octanol–water partition coefficient (Wildman–Crippen LogP) is 5.72. The van der Waals surface area contributed by atoms with Crippen LogP contribution in [0, 0.1) is 44.8 Å². The quantitative estimate of drug-likeness (QED) is 0.608. The van der Waals surface area contributed by atoms with Crippen LogP contribution >= 0.6 is 0 Å². The van der Waals surface area contributed by atoms with Gasteiger partial charge in [0, 0.05) is 11.5 Å². The molecule has 0 aliphatic heterocycles. The van der Waals surface area contributed by atoms with Crippen molar-refractivity contribution in [3.63, 3.8) is 0 Å². The van der Waals surface area contributed by atoms with Crippen molar-refractivity contribution < 1.29 is 4.79 Å². The molecule has 0 aromatic heterocycles. The molecule has 2 nitrogen and oxygen atoms in total. The Kier molecular flexibility index (Phi) is 3.69. The second-order valence-corrected chi connectivity index (χ2v) is 12.7. The normalized spacial score (nSPS) is 54.6. The van der Waals surface area contributed by atoms with Gasteiger partial charge in [-0.3, -0.25) is 4.79 Å². The fourth-order valence-corrected chi connectivity index (χ4v) is 9.79. The van der Waals surface area contributed by atoms with Crippen LogP contribution in [0.3, 0.4) is 0 Å². The number of carbonyl (C=O) groups excluding carboxylic acids is 1. The maximum absolute atomic E-state index is 12.7. The van der Waals surface area contributed by atoms with Crippen molar-refractivity contribution in [1.82, 2.24) is 4.90 Å². The molecule has 8 unspecified atom stereocenters. The van der Waals surface area contributed by atoms with Crippen LogP contribution in [0.5, 0.6) is 0 Å². The Morgan fingerprint density at radius 1 is 0.964 bits per heavy atom. The van der Waals surface area contributed by atoms with Crippen LogP contribution in [-0.2, 0) is 4.79 Å². The third kappa shape index (κ3) is 1.89. The lowest BCUT2D eigenvalue weighted by atomic mass is 9.42. The van der Waals surface area contributed by atoms with E-state index in [0.29, 0.717) is 39.4 Å². The molecular formula is C26H41NO. The van der Waals surface area contributed by atoms with Crippen LogP contribution in [0.25, 0.3) is 0 Å². The summed E-state index contributed by atoms with van der Waals surface area (Å²) in [5.41, 5.74) is 1.60. The van der Waals surface area contributed by atoms with Crippen molar-refractivity contribution in [1.29, 1.82) is 0 Å². The number of allylic oxidation sites excluding steroid dienone is 2. The lowest BCUT2D eigenvalue weighted by Gasteiger charge is -2.62. The minimum atomic E-state index is -0.164. The first-order valence-electron chi connectivity index (χ1n) is 11.9. The topological polar surface area (TPSA) is 20.3 Å². The van der Waals surface area contributed by atoms with E-state index in [2.05, 4.69) is 59.7 Å². The summed E-state index contributed by atoms with van der Waals surface area (Å²) in [6.45, 7) is 12.3. The highest BCUT2D eigenvalue weighted by molar-refractivity contribution is 5.96. The molecule has 5 rings (SSSR count). The van der Waals surface area contributed by atoms with Crippen molar-refractivity contribution >= 4 is 5.78 Å². The number of hydrogen-bond donors (Lipinski definition) is 0. The molecule has 0 heterocycles. The SMILES string of the molecule is CC(C1CCC2(C)C3CCC4C(C)(C)C(=O)C=CC45CC35CCC12C)N(C)C. The van der Waals surface area contributed by atoms with Crippen LogP contribution in [0.1, 0.15) is 79.6 Å². The largest absolute Gasteiger partial charge is 0.306 e. The number of carbonyl (C=O) groups is 1. The Bertz CT molecular complexity index is 752. The molecule has 0 aromatic rings. The van der Waals surface area contributed by atoms with Gasteiger partial charge in [0.15, 0.2) is 5.78 Å². The first-order valence-corrected chi connectivity index (χ1v) is 11.9. The first kappa shape index (κ1) is 19.3. The van der Waals surface area contributed by atoms with E-state index in [1.54, 1.807) is 0 Å². The highest BCUT2D eigenvalue weighted by atomic mass is 16.1. The first-order chi connectivity index (χ1) is 13.0. The van der Waals surface area contributed by atoms with Crippen LogP contribution in [0.15, 0.2) is 12.2 Å². The highest BCUT2D eigenvalue weighted by Gasteiger charge is 2.81. The molecule has 5 aliphatic rings. The molecule has 0 saturated heterocycles. The number of fused-ring (bicyclic) bond motifs is 2. The molecule has 2 spiro atoms. The van der Waals surface area contributed by atoms with E-state index in [0.717, 1.165) is 11.8 Å². The fraction of sp³-hybridized carbons (Fsp3) is 0.885. The molecule has 8 atom stereocenters. The molecule has 0 bridgehead atoms. The van der Waals surface area contributed by atoms with E-state index in [1.807, 2.05) is 6.08 Å². The molecule has 4 saturated carbocycles. The van der Waals surface area contributed by atoms with Gasteiger partial charge >= 0.3 is 0 Å². The van der Waals surface area contributed by atoms with Crippen LogP contribution in [0.2, 0.25) is 0 Å². The van der Waals surface area contributed by atoms with Gasteiger partial charge in [0.1, 0.15) is 0 Å². The minimum Gasteiger partial charge on any atom is -0.306 e. The Balaban J connectivity index is 1.54. The van der Waals surface area contributed by atoms with E-state index >= 15 is 0 Å². The number of hydrogen-bond acceptors (Lipinski definition) is 2. The summed E-state index contributed by atoms with van der Waals surface area (Å²) in [5.74, 6) is 2.61. The van der Waals surface area contributed by atoms with Crippen LogP contribution in [0.4, 0.5) is 0 Å². The second kappa shape index (κ2) is 5.34. The van der Waals surface area contributed by atoms with Crippen LogP contribution < -0.4 is 0 Å². The standard InChI is InChI=1S/C26H41NO/c1-17(27(6)7)18-10-12-24(5)20-9-8-19-22(2,3)21(28)11-13-25(19)16-26(20,25)15-14-23(18,24)4/h11,13,17-20H,8-10,12,14-16H2,1-7H3. The maximum atomic E-state index is 12.7. The van der Waals surface area contributed by atoms with Crippen molar-refractivity contribution in [2.24, 2.45) is 44.8 Å². The van der Waals surface area contributed by atoms with Crippen molar-refractivity contribution in [2.45, 2.75) is 85.6 Å². The van der Waals surface area contributed by atoms with Crippen molar-refractivity contribution in [3.05, 3.63) is 12.2 Å². The Labute approximate surface area is 172 Å². The van der Waals surface area contributed by atoms with E-state index in [4.69, 9.17) is 0 Å². The monoisotopic (exact) mass is 383 g/mol. The lowest BCUT2D eigenvalue weighted by molar-refractivity contribution is -0.141. The highest BCUT2D eigenvalue weighted by Crippen LogP contribution is 2.87. The van der Waals surface area contributed by atoms with E-state index in [1.165, 1.54) is 44.9 Å². The molecule has 5 aliphatic carbocycles. The van der Waals surface area contributed by atoms with Gasteiger partial charge in [-0.1, -0.05) is 33.8 Å². The molecule has 28 heavy (non-hydrogen) atoms. The summed E-state index contributed by atoms with van der Waals surface area (Å²) in [5, 5.41) is 0. The fourth-order valence-electron chi connectivity index (χ4n) is 9.79. The van der Waals surface area contributed by atoms with Gasteiger partial charge in [-0.25, -0.2) is 0 Å². The molecule has 0 radical (unpaired) electrons. The van der Waals surface area contributed by atoms with Gasteiger partial charge in [0.25, 0.3) is 0 Å².